The van der Waals surface area contributed by atoms with Crippen LogP contribution >= 0.6 is 0 Å². The van der Waals surface area contributed by atoms with Gasteiger partial charge in [0, 0.05) is 6.42 Å². The number of aliphatic hydroxyl groups is 2. The highest BCUT2D eigenvalue weighted by Crippen LogP contribution is 2.17. The lowest BCUT2D eigenvalue weighted by molar-refractivity contribution is -0.123. The summed E-state index contributed by atoms with van der Waals surface area (Å²) in [5.74, 6) is -0.0771. The van der Waals surface area contributed by atoms with Crippen LogP contribution in [0.5, 0.6) is 0 Å². The van der Waals surface area contributed by atoms with E-state index in [2.05, 4.69) is 43.5 Å². The fourth-order valence-corrected chi connectivity index (χ4v) is 7.10. The Hall–Kier alpha value is -1.39. The predicted molar refractivity (Wildman–Crippen MR) is 230 cm³/mol. The summed E-state index contributed by atoms with van der Waals surface area (Å²) in [4.78, 5) is 12.3. The van der Waals surface area contributed by atoms with Gasteiger partial charge in [-0.3, -0.25) is 4.79 Å². The largest absolute Gasteiger partial charge is 0.394 e. The average molecular weight is 730 g/mol. The molecule has 0 aromatic heterocycles. The minimum Gasteiger partial charge on any atom is -0.394 e. The summed E-state index contributed by atoms with van der Waals surface area (Å²) in [6, 6.07) is -0.641. The van der Waals surface area contributed by atoms with E-state index in [4.69, 9.17) is 0 Å². The van der Waals surface area contributed by atoms with Crippen molar-refractivity contribution in [1.29, 1.82) is 0 Å². The quantitative estimate of drug-likeness (QED) is 0.0433. The molecule has 4 heteroatoms. The molecule has 2 atom stereocenters. The number of unbranched alkanes of at least 4 members (excludes halogenated alkanes) is 31. The highest BCUT2D eigenvalue weighted by atomic mass is 16.3. The third-order valence-corrected chi connectivity index (χ3v) is 10.6. The molecule has 0 aromatic carbocycles. The lowest BCUT2D eigenvalue weighted by Crippen LogP contribution is -2.45. The van der Waals surface area contributed by atoms with Gasteiger partial charge in [-0.05, 0) is 38.5 Å². The molecular formula is C48H91NO3. The Balaban J connectivity index is 3.41. The second kappa shape index (κ2) is 44.0. The topological polar surface area (TPSA) is 69.6 Å². The molecule has 0 bridgehead atoms. The predicted octanol–water partition coefficient (Wildman–Crippen LogP) is 14.6. The van der Waals surface area contributed by atoms with Crippen molar-refractivity contribution in [2.24, 2.45) is 0 Å². The van der Waals surface area contributed by atoms with Gasteiger partial charge in [-0.25, -0.2) is 0 Å². The molecule has 0 fully saturated rings. The summed E-state index contributed by atoms with van der Waals surface area (Å²) in [7, 11) is 0. The maximum atomic E-state index is 12.3. The highest BCUT2D eigenvalue weighted by Gasteiger charge is 2.17. The van der Waals surface area contributed by atoms with E-state index in [1.807, 2.05) is 6.08 Å². The van der Waals surface area contributed by atoms with Gasteiger partial charge in [-0.15, -0.1) is 0 Å². The average Bonchev–Trinajstić information content (AvgIpc) is 3.15. The fourth-order valence-electron chi connectivity index (χ4n) is 7.10. The molecule has 0 radical (unpaired) electrons. The van der Waals surface area contributed by atoms with Crippen molar-refractivity contribution in [1.82, 2.24) is 5.32 Å². The zero-order valence-electron chi connectivity index (χ0n) is 35.1. The minimum atomic E-state index is -0.865. The van der Waals surface area contributed by atoms with Crippen LogP contribution in [0.4, 0.5) is 0 Å². The Bertz CT molecular complexity index is 790. The van der Waals surface area contributed by atoms with Gasteiger partial charge in [0.25, 0.3) is 0 Å². The van der Waals surface area contributed by atoms with Gasteiger partial charge in [0.2, 0.25) is 5.91 Å². The lowest BCUT2D eigenvalue weighted by Gasteiger charge is -2.19. The molecule has 0 aliphatic carbocycles. The van der Waals surface area contributed by atoms with Crippen LogP contribution in [0.3, 0.4) is 0 Å². The minimum absolute atomic E-state index is 0.0771. The molecule has 52 heavy (non-hydrogen) atoms. The Morgan fingerprint density at radius 3 is 1.10 bits per heavy atom. The van der Waals surface area contributed by atoms with Gasteiger partial charge in [-0.2, -0.15) is 0 Å². The second-order valence-corrected chi connectivity index (χ2v) is 15.8. The van der Waals surface area contributed by atoms with Crippen LogP contribution in [-0.4, -0.2) is 34.9 Å². The normalized spacial score (nSPS) is 13.2. The monoisotopic (exact) mass is 730 g/mol. The maximum Gasteiger partial charge on any atom is 0.220 e. The first kappa shape index (κ1) is 50.6. The number of hydrogen-bond acceptors (Lipinski definition) is 3. The number of hydrogen-bond donors (Lipinski definition) is 3. The third kappa shape index (κ3) is 39.8. The van der Waals surface area contributed by atoms with E-state index >= 15 is 0 Å². The zero-order chi connectivity index (χ0) is 37.8. The lowest BCUT2D eigenvalue weighted by atomic mass is 10.0. The van der Waals surface area contributed by atoms with E-state index in [1.165, 1.54) is 180 Å². The molecule has 2 unspecified atom stereocenters. The molecule has 0 aliphatic rings. The van der Waals surface area contributed by atoms with Crippen LogP contribution in [0.25, 0.3) is 0 Å². The molecule has 0 rings (SSSR count). The van der Waals surface area contributed by atoms with Gasteiger partial charge < -0.3 is 15.5 Å². The fraction of sp³-hybridized carbons (Fsp3) is 0.854. The Morgan fingerprint density at radius 2 is 0.769 bits per heavy atom. The Kier molecular flexibility index (Phi) is 42.8. The van der Waals surface area contributed by atoms with E-state index < -0.39 is 12.1 Å². The summed E-state index contributed by atoms with van der Waals surface area (Å²) in [6.07, 6.45) is 58.7. The van der Waals surface area contributed by atoms with Crippen LogP contribution in [0.2, 0.25) is 0 Å². The van der Waals surface area contributed by atoms with E-state index in [-0.39, 0.29) is 12.5 Å². The Morgan fingerprint density at radius 1 is 0.462 bits per heavy atom. The first-order valence-corrected chi connectivity index (χ1v) is 23.2. The van der Waals surface area contributed by atoms with Crippen molar-refractivity contribution < 1.29 is 15.0 Å². The smallest absolute Gasteiger partial charge is 0.220 e. The highest BCUT2D eigenvalue weighted by molar-refractivity contribution is 5.76. The summed E-state index contributed by atoms with van der Waals surface area (Å²) in [5, 5.41) is 22.9. The van der Waals surface area contributed by atoms with Crippen LogP contribution < -0.4 is 5.32 Å². The van der Waals surface area contributed by atoms with E-state index in [0.29, 0.717) is 6.42 Å². The van der Waals surface area contributed by atoms with Crippen LogP contribution in [-0.2, 0) is 4.79 Å². The summed E-state index contributed by atoms with van der Waals surface area (Å²) >= 11 is 0. The van der Waals surface area contributed by atoms with Crippen LogP contribution in [0, 0.1) is 0 Å². The number of amides is 1. The molecule has 0 saturated heterocycles. The molecule has 0 aliphatic heterocycles. The van der Waals surface area contributed by atoms with E-state index in [0.717, 1.165) is 44.9 Å². The van der Waals surface area contributed by atoms with Gasteiger partial charge in [-0.1, -0.05) is 237 Å². The molecule has 4 nitrogen and oxygen atoms in total. The van der Waals surface area contributed by atoms with Gasteiger partial charge in [0.1, 0.15) is 0 Å². The number of nitrogens with one attached hydrogen (secondary N) is 1. The first-order chi connectivity index (χ1) is 25.7. The first-order valence-electron chi connectivity index (χ1n) is 23.2. The standard InChI is InChI=1S/C48H91NO3/c1-3-5-7-9-11-13-15-16-17-18-19-20-21-22-23-24-25-26-27-28-29-30-31-32-33-34-36-38-40-42-44-48(52)49-46(45-50)47(51)43-41-39-37-35-14-12-10-8-6-4-2/h6,8,14,35,41,43,46-47,50-51H,3-5,7,9-13,15-34,36-40,42,44-45H2,1-2H3,(H,49,52)/b8-6+,35-14+,43-41+. The van der Waals surface area contributed by atoms with Crippen molar-refractivity contribution in [2.45, 2.75) is 257 Å². The number of carbonyl (C=O) groups excluding carboxylic acids is 1. The third-order valence-electron chi connectivity index (χ3n) is 10.6. The zero-order valence-corrected chi connectivity index (χ0v) is 35.1. The molecule has 3 N–H and O–H groups in total. The molecule has 0 heterocycles. The van der Waals surface area contributed by atoms with Crippen LogP contribution in [0.15, 0.2) is 36.5 Å². The number of carbonyl (C=O) groups is 1. The van der Waals surface area contributed by atoms with Gasteiger partial charge in [0.15, 0.2) is 0 Å². The van der Waals surface area contributed by atoms with Crippen molar-refractivity contribution in [3.63, 3.8) is 0 Å². The maximum absolute atomic E-state index is 12.3. The van der Waals surface area contributed by atoms with Crippen molar-refractivity contribution in [3.8, 4) is 0 Å². The van der Waals surface area contributed by atoms with E-state index in [9.17, 15) is 15.0 Å². The van der Waals surface area contributed by atoms with Crippen molar-refractivity contribution >= 4 is 5.91 Å². The van der Waals surface area contributed by atoms with Crippen molar-refractivity contribution in [3.05, 3.63) is 36.5 Å². The summed E-state index contributed by atoms with van der Waals surface area (Å²) in [6.45, 7) is 4.18. The van der Waals surface area contributed by atoms with Gasteiger partial charge >= 0.3 is 0 Å². The number of allylic oxidation sites excluding steroid dienone is 5. The summed E-state index contributed by atoms with van der Waals surface area (Å²) < 4.78 is 0. The number of aliphatic hydroxyl groups excluding tert-OH is 2. The summed E-state index contributed by atoms with van der Waals surface area (Å²) in [5.41, 5.74) is 0. The van der Waals surface area contributed by atoms with Crippen molar-refractivity contribution in [2.75, 3.05) is 6.61 Å². The molecular weight excluding hydrogens is 639 g/mol. The molecule has 306 valence electrons. The van der Waals surface area contributed by atoms with Crippen LogP contribution in [0.1, 0.15) is 245 Å². The Labute approximate surface area is 325 Å². The van der Waals surface area contributed by atoms with E-state index in [1.54, 1.807) is 6.08 Å². The molecule has 0 aromatic rings. The SMILES string of the molecule is CC/C=C/CC/C=C/CC/C=C/C(O)C(CO)NC(=O)CCCCCCCCCCCCCCCCCCCCCCCCCCCCCCCC. The molecule has 0 saturated carbocycles. The second-order valence-electron chi connectivity index (χ2n) is 15.8. The number of rotatable bonds is 42. The molecule has 1 amide bonds. The van der Waals surface area contributed by atoms with Gasteiger partial charge in [0.05, 0.1) is 18.8 Å². The molecule has 0 spiro atoms.